The van der Waals surface area contributed by atoms with E-state index in [2.05, 4.69) is 40.8 Å². The molecule has 1 aromatic heterocycles. The highest BCUT2D eigenvalue weighted by molar-refractivity contribution is 7.98. The number of thioether (sulfide) groups is 1. The molecule has 1 aromatic carbocycles. The molecule has 0 fully saturated rings. The molecule has 0 aliphatic rings. The second kappa shape index (κ2) is 5.38. The molecule has 0 spiro atoms. The summed E-state index contributed by atoms with van der Waals surface area (Å²) in [5.41, 5.74) is 1.24. The predicted octanol–water partition coefficient (Wildman–Crippen LogP) is 2.45. The molecule has 3 nitrogen and oxygen atoms in total. The van der Waals surface area contributed by atoms with Gasteiger partial charge >= 0.3 is 0 Å². The van der Waals surface area contributed by atoms with Crippen LogP contribution in [0.25, 0.3) is 0 Å². The summed E-state index contributed by atoms with van der Waals surface area (Å²) < 4.78 is 2.05. The monoisotopic (exact) mass is 247 g/mol. The molecule has 0 bridgehead atoms. The van der Waals surface area contributed by atoms with Crippen LogP contribution in [0.3, 0.4) is 0 Å². The highest BCUT2D eigenvalue weighted by Crippen LogP contribution is 2.22. The second-order valence-electron chi connectivity index (χ2n) is 3.89. The number of nitrogens with one attached hydrogen (secondary N) is 1. The quantitative estimate of drug-likeness (QED) is 0.842. The number of hydrogen-bond acceptors (Lipinski definition) is 3. The fourth-order valence-electron chi connectivity index (χ4n) is 1.90. The number of hydrogen-bond donors (Lipinski definition) is 1. The smallest absolute Gasteiger partial charge is 0.130 e. The molecule has 4 heteroatoms. The van der Waals surface area contributed by atoms with Crippen molar-refractivity contribution in [3.05, 3.63) is 48.0 Å². The van der Waals surface area contributed by atoms with Crippen molar-refractivity contribution in [3.63, 3.8) is 0 Å². The zero-order valence-corrected chi connectivity index (χ0v) is 11.2. The average Bonchev–Trinajstić information content (AvgIpc) is 2.78. The van der Waals surface area contributed by atoms with Crippen molar-refractivity contribution in [3.8, 4) is 0 Å². The first-order chi connectivity index (χ1) is 8.26. The molecule has 17 heavy (non-hydrogen) atoms. The Kier molecular flexibility index (Phi) is 3.86. The van der Waals surface area contributed by atoms with E-state index >= 15 is 0 Å². The lowest BCUT2D eigenvalue weighted by atomic mass is 10.1. The van der Waals surface area contributed by atoms with Crippen LogP contribution < -0.4 is 5.32 Å². The molecule has 0 amide bonds. The number of aromatic nitrogens is 2. The van der Waals surface area contributed by atoms with E-state index in [1.165, 1.54) is 10.5 Å². The van der Waals surface area contributed by atoms with E-state index in [-0.39, 0.29) is 6.04 Å². The third-order valence-electron chi connectivity index (χ3n) is 2.85. The van der Waals surface area contributed by atoms with Crippen LogP contribution in [0, 0.1) is 0 Å². The molecule has 0 saturated heterocycles. The fourth-order valence-corrected chi connectivity index (χ4v) is 2.30. The third-order valence-corrected chi connectivity index (χ3v) is 3.60. The minimum absolute atomic E-state index is 0.144. The first-order valence-electron chi connectivity index (χ1n) is 5.54. The molecule has 2 aromatic rings. The van der Waals surface area contributed by atoms with Gasteiger partial charge in [-0.3, -0.25) is 0 Å². The predicted molar refractivity (Wildman–Crippen MR) is 72.3 cm³/mol. The number of imidazole rings is 1. The van der Waals surface area contributed by atoms with Crippen molar-refractivity contribution in [2.75, 3.05) is 13.3 Å². The first kappa shape index (κ1) is 12.2. The Morgan fingerprint density at radius 3 is 2.47 bits per heavy atom. The molecule has 1 atom stereocenters. The van der Waals surface area contributed by atoms with Gasteiger partial charge in [-0.2, -0.15) is 0 Å². The summed E-state index contributed by atoms with van der Waals surface area (Å²) in [4.78, 5) is 5.68. The number of nitrogens with zero attached hydrogens (tertiary/aromatic N) is 2. The lowest BCUT2D eigenvalue weighted by Crippen LogP contribution is -2.21. The fraction of sp³-hybridized carbons (Fsp3) is 0.308. The minimum atomic E-state index is 0.144. The molecule has 0 aliphatic carbocycles. The number of rotatable bonds is 4. The normalized spacial score (nSPS) is 12.6. The Morgan fingerprint density at radius 2 is 2.00 bits per heavy atom. The Labute approximate surface area is 106 Å². The summed E-state index contributed by atoms with van der Waals surface area (Å²) in [6.07, 6.45) is 5.88. The minimum Gasteiger partial charge on any atom is -0.336 e. The molecule has 2 rings (SSSR count). The molecule has 90 valence electrons. The van der Waals surface area contributed by atoms with Crippen molar-refractivity contribution in [1.29, 1.82) is 0 Å². The summed E-state index contributed by atoms with van der Waals surface area (Å²) in [7, 11) is 3.98. The summed E-state index contributed by atoms with van der Waals surface area (Å²) in [6, 6.07) is 8.75. The molecule has 0 aliphatic heterocycles. The van der Waals surface area contributed by atoms with Gasteiger partial charge in [0.1, 0.15) is 5.82 Å². The maximum Gasteiger partial charge on any atom is 0.130 e. The molecule has 1 unspecified atom stereocenters. The van der Waals surface area contributed by atoms with Crippen molar-refractivity contribution in [1.82, 2.24) is 14.9 Å². The summed E-state index contributed by atoms with van der Waals surface area (Å²) >= 11 is 1.76. The standard InChI is InChI=1S/C13H17N3S/c1-14-12(13-15-8-9-16(13)2)10-4-6-11(17-3)7-5-10/h4-9,12,14H,1-3H3. The topological polar surface area (TPSA) is 29.9 Å². The summed E-state index contributed by atoms with van der Waals surface area (Å²) in [6.45, 7) is 0. The van der Waals surface area contributed by atoms with Crippen molar-refractivity contribution in [2.45, 2.75) is 10.9 Å². The van der Waals surface area contributed by atoms with Crippen LogP contribution in [0.1, 0.15) is 17.4 Å². The van der Waals surface area contributed by atoms with Crippen LogP contribution in [-0.4, -0.2) is 22.9 Å². The number of aryl methyl sites for hydroxylation is 1. The van der Waals surface area contributed by atoms with E-state index in [4.69, 9.17) is 0 Å². The Bertz CT molecular complexity index is 476. The van der Waals surface area contributed by atoms with Crippen LogP contribution in [0.15, 0.2) is 41.6 Å². The highest BCUT2D eigenvalue weighted by atomic mass is 32.2. The van der Waals surface area contributed by atoms with Crippen LogP contribution in [-0.2, 0) is 7.05 Å². The SMILES string of the molecule is CNC(c1ccc(SC)cc1)c1nccn1C. The molecule has 1 N–H and O–H groups in total. The average molecular weight is 247 g/mol. The maximum absolute atomic E-state index is 4.40. The molecule has 0 saturated carbocycles. The Hall–Kier alpha value is -1.26. The third kappa shape index (κ3) is 2.53. The molecular formula is C13H17N3S. The van der Waals surface area contributed by atoms with Gasteiger partial charge in [0, 0.05) is 24.3 Å². The lowest BCUT2D eigenvalue weighted by Gasteiger charge is -2.16. The zero-order valence-electron chi connectivity index (χ0n) is 10.3. The molecular weight excluding hydrogens is 230 g/mol. The van der Waals surface area contributed by atoms with Crippen LogP contribution in [0.5, 0.6) is 0 Å². The maximum atomic E-state index is 4.40. The Morgan fingerprint density at radius 1 is 1.29 bits per heavy atom. The van der Waals surface area contributed by atoms with E-state index < -0.39 is 0 Å². The largest absolute Gasteiger partial charge is 0.336 e. The van der Waals surface area contributed by atoms with Crippen LogP contribution in [0.2, 0.25) is 0 Å². The van der Waals surface area contributed by atoms with Crippen molar-refractivity contribution in [2.24, 2.45) is 7.05 Å². The summed E-state index contributed by atoms with van der Waals surface area (Å²) in [5.74, 6) is 1.03. The lowest BCUT2D eigenvalue weighted by molar-refractivity contribution is 0.617. The van der Waals surface area contributed by atoms with Gasteiger partial charge in [0.15, 0.2) is 0 Å². The number of benzene rings is 1. The van der Waals surface area contributed by atoms with Gasteiger partial charge in [0.2, 0.25) is 0 Å². The van der Waals surface area contributed by atoms with Gasteiger partial charge in [-0.05, 0) is 31.0 Å². The van der Waals surface area contributed by atoms with E-state index in [9.17, 15) is 0 Å². The van der Waals surface area contributed by atoms with Gasteiger partial charge in [0.25, 0.3) is 0 Å². The van der Waals surface area contributed by atoms with Crippen molar-refractivity contribution < 1.29 is 0 Å². The van der Waals surface area contributed by atoms with Gasteiger partial charge < -0.3 is 9.88 Å². The van der Waals surface area contributed by atoms with Gasteiger partial charge in [-0.25, -0.2) is 4.98 Å². The van der Waals surface area contributed by atoms with E-state index in [1.807, 2.05) is 31.1 Å². The first-order valence-corrected chi connectivity index (χ1v) is 6.77. The van der Waals surface area contributed by atoms with E-state index in [0.717, 1.165) is 5.82 Å². The zero-order chi connectivity index (χ0) is 12.3. The van der Waals surface area contributed by atoms with Gasteiger partial charge in [-0.15, -0.1) is 11.8 Å². The van der Waals surface area contributed by atoms with Gasteiger partial charge in [0.05, 0.1) is 6.04 Å². The van der Waals surface area contributed by atoms with E-state index in [0.29, 0.717) is 0 Å². The van der Waals surface area contributed by atoms with Gasteiger partial charge in [-0.1, -0.05) is 12.1 Å². The van der Waals surface area contributed by atoms with Crippen LogP contribution >= 0.6 is 11.8 Å². The second-order valence-corrected chi connectivity index (χ2v) is 4.77. The highest BCUT2D eigenvalue weighted by Gasteiger charge is 2.15. The Balaban J connectivity index is 2.32. The molecule has 0 radical (unpaired) electrons. The molecule has 1 heterocycles. The van der Waals surface area contributed by atoms with Crippen molar-refractivity contribution >= 4 is 11.8 Å². The van der Waals surface area contributed by atoms with E-state index in [1.54, 1.807) is 11.8 Å². The van der Waals surface area contributed by atoms with Crippen LogP contribution in [0.4, 0.5) is 0 Å². The summed E-state index contributed by atoms with van der Waals surface area (Å²) in [5, 5.41) is 3.31.